The van der Waals surface area contributed by atoms with Gasteiger partial charge in [0.15, 0.2) is 5.13 Å². The Kier molecular flexibility index (Phi) is 13.0. The minimum atomic E-state index is -0.652. The average molecular weight is 589 g/mol. The third-order valence-corrected chi connectivity index (χ3v) is 7.42. The zero-order chi connectivity index (χ0) is 31.3. The number of nitrogens with zero attached hydrogens (tertiary/aromatic N) is 4. The number of allylic oxidation sites excluding steroid dienone is 3. The van der Waals surface area contributed by atoms with Gasteiger partial charge < -0.3 is 10.4 Å². The molecule has 3 rings (SSSR count). The summed E-state index contributed by atoms with van der Waals surface area (Å²) in [7, 11) is 0. The van der Waals surface area contributed by atoms with Gasteiger partial charge in [-0.3, -0.25) is 20.1 Å². The van der Waals surface area contributed by atoms with Crippen LogP contribution in [0.4, 0.5) is 9.93 Å². The number of hydrogen-bond acceptors (Lipinski definition) is 7. The Labute approximate surface area is 252 Å². The molecule has 3 N–H and O–H groups in total. The van der Waals surface area contributed by atoms with Gasteiger partial charge in [-0.25, -0.2) is 9.78 Å². The van der Waals surface area contributed by atoms with Gasteiger partial charge in [-0.1, -0.05) is 50.7 Å². The number of hydrogen-bond donors (Lipinski definition) is 3. The summed E-state index contributed by atoms with van der Waals surface area (Å²) in [6, 6.07) is 9.30. The Morgan fingerprint density at radius 2 is 1.90 bits per heavy atom. The molecule has 2 heterocycles. The number of nitrogens with one attached hydrogen (secondary N) is 2. The van der Waals surface area contributed by atoms with Crippen LogP contribution >= 0.6 is 11.3 Å². The molecule has 0 atom stereocenters. The van der Waals surface area contributed by atoms with Crippen molar-refractivity contribution in [3.63, 3.8) is 0 Å². The molecule has 222 valence electrons. The lowest BCUT2D eigenvalue weighted by molar-refractivity contribution is -0.148. The summed E-state index contributed by atoms with van der Waals surface area (Å²) < 4.78 is 0.889. The van der Waals surface area contributed by atoms with E-state index in [0.29, 0.717) is 28.6 Å². The first-order valence-electron chi connectivity index (χ1n) is 14.0. The van der Waals surface area contributed by atoms with Crippen LogP contribution in [0.5, 0.6) is 0 Å². The summed E-state index contributed by atoms with van der Waals surface area (Å²) in [5.41, 5.74) is 4.84. The fourth-order valence-corrected chi connectivity index (χ4v) is 5.27. The van der Waals surface area contributed by atoms with Crippen molar-refractivity contribution in [2.45, 2.75) is 67.2 Å². The van der Waals surface area contributed by atoms with E-state index < -0.39 is 11.4 Å². The molecule has 0 spiro atoms. The number of nitriles is 1. The van der Waals surface area contributed by atoms with Crippen LogP contribution in [-0.4, -0.2) is 39.8 Å². The van der Waals surface area contributed by atoms with Gasteiger partial charge in [-0.2, -0.15) is 5.26 Å². The summed E-state index contributed by atoms with van der Waals surface area (Å²) in [5, 5.41) is 23.9. The molecule has 3 aromatic rings. The zero-order valence-electron chi connectivity index (χ0n) is 25.2. The molecule has 1 aromatic carbocycles. The molecule has 0 radical (unpaired) electrons. The summed E-state index contributed by atoms with van der Waals surface area (Å²) in [4.78, 5) is 36.1. The second kappa shape index (κ2) is 16.2. The van der Waals surface area contributed by atoms with Crippen molar-refractivity contribution in [2.24, 2.45) is 10.4 Å². The molecule has 0 fully saturated rings. The number of carbonyl (C=O) groups excluding carboxylic acids is 1. The fraction of sp³-hybridized carbons (Fsp3) is 0.375. The van der Waals surface area contributed by atoms with E-state index in [9.17, 15) is 9.59 Å². The SMILES string of the molecule is C=C(C)N=C/C(=C\C)c1cc(-c2ccc(C#N)cn2)c2sc(NC(=O)NCC)nc2c1.CCCC(C)(CCC)C(=O)O. The van der Waals surface area contributed by atoms with Crippen LogP contribution in [0.3, 0.4) is 0 Å². The van der Waals surface area contributed by atoms with E-state index in [1.54, 1.807) is 18.5 Å². The zero-order valence-corrected chi connectivity index (χ0v) is 26.1. The number of thiazole rings is 1. The average Bonchev–Trinajstić information content (AvgIpc) is 3.35. The van der Waals surface area contributed by atoms with Crippen LogP contribution in [0, 0.1) is 16.7 Å². The number of carbonyl (C=O) groups is 2. The first-order valence-corrected chi connectivity index (χ1v) is 14.8. The maximum absolute atomic E-state index is 12.0. The monoisotopic (exact) mass is 588 g/mol. The van der Waals surface area contributed by atoms with Gasteiger partial charge in [0.05, 0.1) is 26.9 Å². The Hall–Kier alpha value is -4.36. The maximum atomic E-state index is 12.0. The number of urea groups is 1. The van der Waals surface area contributed by atoms with E-state index in [0.717, 1.165) is 52.6 Å². The second-order valence-corrected chi connectivity index (χ2v) is 11.0. The summed E-state index contributed by atoms with van der Waals surface area (Å²) in [6.07, 6.45) is 8.74. The van der Waals surface area contributed by atoms with E-state index in [4.69, 9.17) is 10.4 Å². The number of aliphatic carboxylic acids is 1. The van der Waals surface area contributed by atoms with Crippen molar-refractivity contribution in [1.29, 1.82) is 5.26 Å². The molecule has 9 nitrogen and oxygen atoms in total. The molecule has 2 amide bonds. The number of fused-ring (bicyclic) bond motifs is 1. The fourth-order valence-electron chi connectivity index (χ4n) is 4.30. The largest absolute Gasteiger partial charge is 0.481 e. The van der Waals surface area contributed by atoms with Crippen LogP contribution in [0.1, 0.15) is 78.4 Å². The van der Waals surface area contributed by atoms with Crippen molar-refractivity contribution >= 4 is 50.5 Å². The molecule has 0 unspecified atom stereocenters. The van der Waals surface area contributed by atoms with Crippen LogP contribution in [-0.2, 0) is 4.79 Å². The number of benzene rings is 1. The lowest BCUT2D eigenvalue weighted by atomic mass is 9.81. The Bertz CT molecular complexity index is 1490. The third-order valence-electron chi connectivity index (χ3n) is 6.40. The van der Waals surface area contributed by atoms with E-state index in [2.05, 4.69) is 38.2 Å². The highest BCUT2D eigenvalue weighted by Gasteiger charge is 2.30. The van der Waals surface area contributed by atoms with E-state index in [-0.39, 0.29) is 6.03 Å². The molecule has 2 aromatic heterocycles. The molecule has 42 heavy (non-hydrogen) atoms. The quantitative estimate of drug-likeness (QED) is 0.194. The van der Waals surface area contributed by atoms with Crippen molar-refractivity contribution in [3.05, 3.63) is 59.9 Å². The normalized spacial score (nSPS) is 11.5. The number of aromatic nitrogens is 2. The van der Waals surface area contributed by atoms with Crippen LogP contribution in [0.25, 0.3) is 27.0 Å². The van der Waals surface area contributed by atoms with E-state index in [1.165, 1.54) is 11.3 Å². The van der Waals surface area contributed by atoms with Gasteiger partial charge in [-0.15, -0.1) is 0 Å². The number of anilines is 1. The standard InChI is InChI=1S/C23H22N6OS.C9H18O2/c1-5-16(13-26-14(3)4)17-9-18(19-8-7-15(11-24)12-27-19)21-20(10-17)28-23(31-21)29-22(30)25-6-2;1-4-6-9(3,7-5-2)8(10)11/h5,7-10,12-13H,3,6H2,1-2,4H3,(H2,25,28,29,30);4-7H2,1-3H3,(H,10,11)/b16-5+,26-13?;. The van der Waals surface area contributed by atoms with Crippen LogP contribution in [0.2, 0.25) is 0 Å². The number of rotatable bonds is 11. The Morgan fingerprint density at radius 3 is 2.40 bits per heavy atom. The predicted molar refractivity (Wildman–Crippen MR) is 173 cm³/mol. The smallest absolute Gasteiger partial charge is 0.321 e. The lowest BCUT2D eigenvalue weighted by Crippen LogP contribution is -2.28. The van der Waals surface area contributed by atoms with Gasteiger partial charge in [0, 0.05) is 30.2 Å². The second-order valence-electron chi connectivity index (χ2n) is 10.0. The molecular weight excluding hydrogens is 548 g/mol. The Balaban J connectivity index is 0.000000476. The summed E-state index contributed by atoms with van der Waals surface area (Å²) in [5.74, 6) is -0.652. The van der Waals surface area contributed by atoms with E-state index >= 15 is 0 Å². The molecule has 0 aliphatic carbocycles. The summed E-state index contributed by atoms with van der Waals surface area (Å²) in [6.45, 7) is 15.8. The van der Waals surface area contributed by atoms with Crippen molar-refractivity contribution < 1.29 is 14.7 Å². The van der Waals surface area contributed by atoms with Crippen molar-refractivity contribution in [1.82, 2.24) is 15.3 Å². The number of amides is 2. The van der Waals surface area contributed by atoms with Gasteiger partial charge in [0.1, 0.15) is 6.07 Å². The lowest BCUT2D eigenvalue weighted by Gasteiger charge is -2.23. The predicted octanol–water partition coefficient (Wildman–Crippen LogP) is 8.06. The van der Waals surface area contributed by atoms with Crippen LogP contribution in [0.15, 0.2) is 53.8 Å². The van der Waals surface area contributed by atoms with Gasteiger partial charge in [-0.05, 0) is 75.9 Å². The van der Waals surface area contributed by atoms with E-state index in [1.807, 2.05) is 65.8 Å². The third kappa shape index (κ3) is 9.35. The number of aliphatic imine (C=N–C) groups is 1. The molecule has 0 aliphatic heterocycles. The minimum Gasteiger partial charge on any atom is -0.481 e. The first kappa shape index (κ1) is 33.8. The number of carboxylic acids is 1. The van der Waals surface area contributed by atoms with Gasteiger partial charge >= 0.3 is 12.0 Å². The highest BCUT2D eigenvalue weighted by Crippen LogP contribution is 2.37. The topological polar surface area (TPSA) is 140 Å². The molecule has 0 saturated heterocycles. The van der Waals surface area contributed by atoms with Gasteiger partial charge in [0.2, 0.25) is 0 Å². The van der Waals surface area contributed by atoms with Crippen molar-refractivity contribution in [2.75, 3.05) is 11.9 Å². The molecule has 0 aliphatic rings. The molecule has 10 heteroatoms. The van der Waals surface area contributed by atoms with Gasteiger partial charge in [0.25, 0.3) is 0 Å². The Morgan fingerprint density at radius 1 is 1.21 bits per heavy atom. The van der Waals surface area contributed by atoms with Crippen LogP contribution < -0.4 is 10.6 Å². The molecular formula is C32H40N6O3S. The summed E-state index contributed by atoms with van der Waals surface area (Å²) >= 11 is 1.37. The maximum Gasteiger partial charge on any atom is 0.321 e. The minimum absolute atomic E-state index is 0.303. The highest BCUT2D eigenvalue weighted by molar-refractivity contribution is 7.22. The molecule has 0 bridgehead atoms. The van der Waals surface area contributed by atoms with Crippen molar-refractivity contribution in [3.8, 4) is 17.3 Å². The molecule has 0 saturated carbocycles. The first-order chi connectivity index (χ1) is 20.0. The number of carboxylic acid groups (broad SMARTS) is 1. The number of pyridine rings is 1. The highest BCUT2D eigenvalue weighted by atomic mass is 32.1.